The number of carbonyl (C=O) groups excluding carboxylic acids is 2. The SMILES string of the molecule is CC(=O)Oc1ccccc1C(=O)NN1CC1C#N. The first kappa shape index (κ1) is 12.1. The van der Waals surface area contributed by atoms with Gasteiger partial charge in [-0.05, 0) is 12.1 Å². The second kappa shape index (κ2) is 4.85. The van der Waals surface area contributed by atoms with Gasteiger partial charge in [0.25, 0.3) is 5.91 Å². The van der Waals surface area contributed by atoms with E-state index in [-0.39, 0.29) is 17.4 Å². The van der Waals surface area contributed by atoms with Crippen molar-refractivity contribution in [2.45, 2.75) is 13.0 Å². The molecule has 18 heavy (non-hydrogen) atoms. The maximum atomic E-state index is 11.9. The molecule has 0 spiro atoms. The monoisotopic (exact) mass is 245 g/mol. The van der Waals surface area contributed by atoms with Crippen LogP contribution >= 0.6 is 0 Å². The minimum absolute atomic E-state index is 0.206. The van der Waals surface area contributed by atoms with Crippen LogP contribution in [0.25, 0.3) is 0 Å². The second-order valence-corrected chi connectivity index (χ2v) is 3.83. The molecule has 1 heterocycles. The van der Waals surface area contributed by atoms with Crippen molar-refractivity contribution in [2.75, 3.05) is 6.54 Å². The molecule has 0 aromatic heterocycles. The number of hydrogen-bond donors (Lipinski definition) is 1. The number of benzene rings is 1. The minimum Gasteiger partial charge on any atom is -0.426 e. The zero-order chi connectivity index (χ0) is 13.1. The Morgan fingerprint density at radius 1 is 1.50 bits per heavy atom. The zero-order valence-electron chi connectivity index (χ0n) is 9.71. The standard InChI is InChI=1S/C12H11N3O3/c1-8(16)18-11-5-3-2-4-10(11)12(17)14-15-7-9(15)6-13/h2-5,9H,7H2,1H3,(H,14,17). The topological polar surface area (TPSA) is 82.2 Å². The van der Waals surface area contributed by atoms with E-state index in [1.54, 1.807) is 24.3 Å². The lowest BCUT2D eigenvalue weighted by Gasteiger charge is -2.09. The number of esters is 1. The van der Waals surface area contributed by atoms with Gasteiger partial charge in [0.15, 0.2) is 0 Å². The summed E-state index contributed by atoms with van der Waals surface area (Å²) in [5.41, 5.74) is 2.83. The number of nitrogens with one attached hydrogen (secondary N) is 1. The van der Waals surface area contributed by atoms with E-state index in [0.29, 0.717) is 6.54 Å². The van der Waals surface area contributed by atoms with Crippen LogP contribution in [0, 0.1) is 11.3 Å². The fourth-order valence-electron chi connectivity index (χ4n) is 1.46. The first-order valence-electron chi connectivity index (χ1n) is 5.36. The Morgan fingerprint density at radius 2 is 2.22 bits per heavy atom. The second-order valence-electron chi connectivity index (χ2n) is 3.83. The first-order chi connectivity index (χ1) is 8.61. The van der Waals surface area contributed by atoms with Gasteiger partial charge in [-0.3, -0.25) is 15.0 Å². The summed E-state index contributed by atoms with van der Waals surface area (Å²) >= 11 is 0. The highest BCUT2D eigenvalue weighted by molar-refractivity contribution is 5.97. The summed E-state index contributed by atoms with van der Waals surface area (Å²) < 4.78 is 4.94. The Balaban J connectivity index is 2.10. The number of amides is 1. The predicted octanol–water partition coefficient (Wildman–Crippen LogP) is 0.464. The normalized spacial score (nSPS) is 20.7. The van der Waals surface area contributed by atoms with Gasteiger partial charge in [-0.1, -0.05) is 12.1 Å². The average Bonchev–Trinajstić information content (AvgIpc) is 3.07. The summed E-state index contributed by atoms with van der Waals surface area (Å²) in [6.07, 6.45) is 0. The number of carbonyl (C=O) groups is 2. The summed E-state index contributed by atoms with van der Waals surface area (Å²) in [5.74, 6) is -0.681. The van der Waals surface area contributed by atoms with E-state index in [0.717, 1.165) is 0 Å². The Kier molecular flexibility index (Phi) is 3.26. The number of hydrogen-bond acceptors (Lipinski definition) is 5. The van der Waals surface area contributed by atoms with Crippen LogP contribution in [0.3, 0.4) is 0 Å². The van der Waals surface area contributed by atoms with Gasteiger partial charge in [0.05, 0.1) is 18.2 Å². The van der Waals surface area contributed by atoms with E-state index in [4.69, 9.17) is 10.00 Å². The third kappa shape index (κ3) is 2.64. The highest BCUT2D eigenvalue weighted by Crippen LogP contribution is 2.19. The molecule has 0 bridgehead atoms. The molecular formula is C12H11N3O3. The minimum atomic E-state index is -0.489. The summed E-state index contributed by atoms with van der Waals surface area (Å²) in [6.45, 7) is 1.78. The number of hydrazine groups is 1. The third-order valence-corrected chi connectivity index (χ3v) is 2.39. The number of rotatable bonds is 3. The molecule has 1 saturated heterocycles. The molecule has 1 N–H and O–H groups in total. The molecule has 2 unspecified atom stereocenters. The molecule has 0 aliphatic carbocycles. The molecule has 2 atom stereocenters. The maximum Gasteiger partial charge on any atom is 0.308 e. The smallest absolute Gasteiger partial charge is 0.308 e. The Hall–Kier alpha value is -2.39. The lowest BCUT2D eigenvalue weighted by atomic mass is 10.2. The van der Waals surface area contributed by atoms with Gasteiger partial charge in [0.1, 0.15) is 11.8 Å². The summed E-state index contributed by atoms with van der Waals surface area (Å²) in [6, 6.07) is 8.19. The summed E-state index contributed by atoms with van der Waals surface area (Å²) in [7, 11) is 0. The molecule has 6 heteroatoms. The van der Waals surface area contributed by atoms with Gasteiger partial charge in [0, 0.05) is 6.92 Å². The van der Waals surface area contributed by atoms with Crippen molar-refractivity contribution >= 4 is 11.9 Å². The number of nitriles is 1. The fourth-order valence-corrected chi connectivity index (χ4v) is 1.46. The molecule has 1 aliphatic rings. The molecule has 1 amide bonds. The summed E-state index contributed by atoms with van der Waals surface area (Å²) in [4.78, 5) is 22.8. The van der Waals surface area contributed by atoms with Crippen molar-refractivity contribution in [3.05, 3.63) is 29.8 Å². The van der Waals surface area contributed by atoms with Gasteiger partial charge in [-0.2, -0.15) is 10.3 Å². The van der Waals surface area contributed by atoms with Crippen LogP contribution in [-0.2, 0) is 4.79 Å². The molecule has 6 nitrogen and oxygen atoms in total. The van der Waals surface area contributed by atoms with E-state index >= 15 is 0 Å². The number of nitrogens with zero attached hydrogens (tertiary/aromatic N) is 2. The van der Waals surface area contributed by atoms with E-state index in [1.165, 1.54) is 11.9 Å². The fraction of sp³-hybridized carbons (Fsp3) is 0.250. The average molecular weight is 245 g/mol. The molecule has 1 fully saturated rings. The van der Waals surface area contributed by atoms with Crippen molar-refractivity contribution in [1.82, 2.24) is 10.4 Å². The van der Waals surface area contributed by atoms with E-state index in [9.17, 15) is 9.59 Å². The van der Waals surface area contributed by atoms with E-state index in [1.807, 2.05) is 6.07 Å². The molecule has 1 aliphatic heterocycles. The van der Waals surface area contributed by atoms with Gasteiger partial charge in [-0.15, -0.1) is 0 Å². The van der Waals surface area contributed by atoms with Crippen molar-refractivity contribution < 1.29 is 14.3 Å². The van der Waals surface area contributed by atoms with Crippen LogP contribution in [0.15, 0.2) is 24.3 Å². The van der Waals surface area contributed by atoms with E-state index < -0.39 is 11.9 Å². The van der Waals surface area contributed by atoms with Crippen molar-refractivity contribution in [3.63, 3.8) is 0 Å². The molecule has 1 aromatic rings. The van der Waals surface area contributed by atoms with Crippen molar-refractivity contribution in [1.29, 1.82) is 5.26 Å². The predicted molar refractivity (Wildman–Crippen MR) is 61.3 cm³/mol. The van der Waals surface area contributed by atoms with Gasteiger partial charge >= 0.3 is 5.97 Å². The van der Waals surface area contributed by atoms with Gasteiger partial charge in [-0.25, -0.2) is 0 Å². The molecule has 0 saturated carbocycles. The zero-order valence-corrected chi connectivity index (χ0v) is 9.71. The van der Waals surface area contributed by atoms with Crippen LogP contribution in [0.1, 0.15) is 17.3 Å². The molecule has 0 radical (unpaired) electrons. The van der Waals surface area contributed by atoms with E-state index in [2.05, 4.69) is 5.43 Å². The Labute approximate surface area is 104 Å². The first-order valence-corrected chi connectivity index (χ1v) is 5.36. The third-order valence-electron chi connectivity index (χ3n) is 2.39. The summed E-state index contributed by atoms with van der Waals surface area (Å²) in [5, 5.41) is 10.1. The highest BCUT2D eigenvalue weighted by atomic mass is 16.5. The van der Waals surface area contributed by atoms with Crippen molar-refractivity contribution in [3.8, 4) is 11.8 Å². The van der Waals surface area contributed by atoms with Crippen LogP contribution in [-0.4, -0.2) is 29.5 Å². The molecule has 92 valence electrons. The van der Waals surface area contributed by atoms with Crippen LogP contribution < -0.4 is 10.2 Å². The molecule has 2 rings (SSSR count). The largest absolute Gasteiger partial charge is 0.426 e. The Morgan fingerprint density at radius 3 is 2.83 bits per heavy atom. The van der Waals surface area contributed by atoms with Crippen LogP contribution in [0.5, 0.6) is 5.75 Å². The maximum absolute atomic E-state index is 11.9. The Bertz CT molecular complexity index is 536. The quantitative estimate of drug-likeness (QED) is 0.475. The molecular weight excluding hydrogens is 234 g/mol. The van der Waals surface area contributed by atoms with Gasteiger partial charge in [0.2, 0.25) is 0 Å². The number of para-hydroxylation sites is 1. The molecule has 1 aromatic carbocycles. The highest BCUT2D eigenvalue weighted by Gasteiger charge is 2.36. The van der Waals surface area contributed by atoms with Crippen LogP contribution in [0.4, 0.5) is 0 Å². The lowest BCUT2D eigenvalue weighted by molar-refractivity contribution is -0.131. The lowest BCUT2D eigenvalue weighted by Crippen LogP contribution is -2.30. The number of ether oxygens (including phenoxy) is 1. The van der Waals surface area contributed by atoms with Gasteiger partial charge < -0.3 is 4.74 Å². The van der Waals surface area contributed by atoms with Crippen LogP contribution in [0.2, 0.25) is 0 Å². The van der Waals surface area contributed by atoms with Crippen molar-refractivity contribution in [2.24, 2.45) is 0 Å².